The second-order valence-corrected chi connectivity index (χ2v) is 6.13. The number of hydrogen-bond donors (Lipinski definition) is 2. The molecule has 0 aromatic heterocycles. The van der Waals surface area contributed by atoms with E-state index >= 15 is 0 Å². The van der Waals surface area contributed by atoms with Crippen molar-refractivity contribution in [2.45, 2.75) is 12.5 Å². The molecule has 2 aromatic rings. The summed E-state index contributed by atoms with van der Waals surface area (Å²) in [6.07, 6.45) is -0.382. The van der Waals surface area contributed by atoms with Crippen LogP contribution in [0.3, 0.4) is 0 Å². The van der Waals surface area contributed by atoms with Gasteiger partial charge in [0.2, 0.25) is 6.10 Å². The lowest BCUT2D eigenvalue weighted by Crippen LogP contribution is -2.28. The summed E-state index contributed by atoms with van der Waals surface area (Å²) in [5, 5.41) is 16.4. The third-order valence-electron chi connectivity index (χ3n) is 3.60. The van der Waals surface area contributed by atoms with Crippen LogP contribution in [0.25, 0.3) is 0 Å². The average Bonchev–Trinajstić information content (AvgIpc) is 3.08. The standard InChI is InChI=1S/C17H15BrN2O4/c1-23-12-5-2-10(3-6-12)13-9-16(24-20-13)17(22)19-14-8-11(18)4-7-15(14)21/h2-8,16,21H,9H2,1H3,(H,19,22). The van der Waals surface area contributed by atoms with Crippen LogP contribution >= 0.6 is 15.9 Å². The molecule has 1 aliphatic heterocycles. The van der Waals surface area contributed by atoms with Crippen molar-refractivity contribution in [3.63, 3.8) is 0 Å². The number of carbonyl (C=O) groups excluding carboxylic acids is 1. The van der Waals surface area contributed by atoms with Crippen LogP contribution < -0.4 is 10.1 Å². The van der Waals surface area contributed by atoms with Crippen molar-refractivity contribution in [2.75, 3.05) is 12.4 Å². The molecule has 7 heteroatoms. The molecular formula is C17H15BrN2O4. The van der Waals surface area contributed by atoms with Crippen molar-refractivity contribution in [3.05, 3.63) is 52.5 Å². The molecule has 0 bridgehead atoms. The Kier molecular flexibility index (Phi) is 4.71. The molecule has 1 heterocycles. The van der Waals surface area contributed by atoms with Gasteiger partial charge in [0, 0.05) is 10.9 Å². The van der Waals surface area contributed by atoms with Gasteiger partial charge in [-0.1, -0.05) is 21.1 Å². The number of phenolic OH excluding ortho intramolecular Hbond substituents is 1. The first-order valence-electron chi connectivity index (χ1n) is 7.23. The molecule has 0 radical (unpaired) electrons. The number of aromatic hydroxyl groups is 1. The first-order chi connectivity index (χ1) is 11.6. The highest BCUT2D eigenvalue weighted by Crippen LogP contribution is 2.28. The van der Waals surface area contributed by atoms with Crippen LogP contribution in [0.4, 0.5) is 5.69 Å². The van der Waals surface area contributed by atoms with E-state index in [0.717, 1.165) is 15.8 Å². The zero-order chi connectivity index (χ0) is 17.1. The number of amides is 1. The minimum atomic E-state index is -0.736. The summed E-state index contributed by atoms with van der Waals surface area (Å²) in [5.41, 5.74) is 1.88. The number of oxime groups is 1. The lowest BCUT2D eigenvalue weighted by molar-refractivity contribution is -0.125. The maximum absolute atomic E-state index is 12.3. The Morgan fingerprint density at radius 2 is 2.08 bits per heavy atom. The Balaban J connectivity index is 1.65. The van der Waals surface area contributed by atoms with E-state index < -0.39 is 6.10 Å². The summed E-state index contributed by atoms with van der Waals surface area (Å²) in [5.74, 6) is 0.370. The molecule has 0 spiro atoms. The molecule has 124 valence electrons. The second-order valence-electron chi connectivity index (χ2n) is 5.22. The van der Waals surface area contributed by atoms with Crippen LogP contribution in [0.5, 0.6) is 11.5 Å². The fraction of sp³-hybridized carbons (Fsp3) is 0.176. The predicted molar refractivity (Wildman–Crippen MR) is 93.5 cm³/mol. The molecule has 0 saturated carbocycles. The number of phenols is 1. The maximum Gasteiger partial charge on any atom is 0.268 e. The van der Waals surface area contributed by atoms with Crippen LogP contribution in [0.2, 0.25) is 0 Å². The molecule has 0 saturated heterocycles. The van der Waals surface area contributed by atoms with Gasteiger partial charge in [-0.05, 0) is 48.0 Å². The minimum Gasteiger partial charge on any atom is -0.506 e. The molecule has 1 atom stereocenters. The molecule has 6 nitrogen and oxygen atoms in total. The van der Waals surface area contributed by atoms with E-state index in [1.165, 1.54) is 6.07 Å². The monoisotopic (exact) mass is 390 g/mol. The van der Waals surface area contributed by atoms with Crippen LogP contribution in [-0.4, -0.2) is 29.9 Å². The highest BCUT2D eigenvalue weighted by Gasteiger charge is 2.29. The predicted octanol–water partition coefficient (Wildman–Crippen LogP) is 3.30. The Labute approximate surface area is 147 Å². The molecule has 1 amide bonds. The fourth-order valence-electron chi connectivity index (χ4n) is 2.29. The third kappa shape index (κ3) is 3.51. The van der Waals surface area contributed by atoms with Crippen molar-refractivity contribution in [2.24, 2.45) is 5.16 Å². The lowest BCUT2D eigenvalue weighted by Gasteiger charge is -2.11. The highest BCUT2D eigenvalue weighted by atomic mass is 79.9. The number of halogens is 1. The number of nitrogens with zero attached hydrogens (tertiary/aromatic N) is 1. The van der Waals surface area contributed by atoms with Gasteiger partial charge in [-0.25, -0.2) is 0 Å². The fourth-order valence-corrected chi connectivity index (χ4v) is 2.65. The number of carbonyl (C=O) groups is 1. The minimum absolute atomic E-state index is 0.0131. The van der Waals surface area contributed by atoms with Gasteiger partial charge in [-0.15, -0.1) is 0 Å². The molecular weight excluding hydrogens is 376 g/mol. The average molecular weight is 391 g/mol. The number of anilines is 1. The third-order valence-corrected chi connectivity index (χ3v) is 4.09. The van der Waals surface area contributed by atoms with Crippen molar-refractivity contribution >= 4 is 33.2 Å². The molecule has 0 fully saturated rings. The quantitative estimate of drug-likeness (QED) is 0.784. The summed E-state index contributed by atoms with van der Waals surface area (Å²) >= 11 is 3.30. The first-order valence-corrected chi connectivity index (χ1v) is 8.02. The number of hydrogen-bond acceptors (Lipinski definition) is 5. The SMILES string of the molecule is COc1ccc(C2=NOC(C(=O)Nc3cc(Br)ccc3O)C2)cc1. The Morgan fingerprint density at radius 3 is 2.79 bits per heavy atom. The number of methoxy groups -OCH3 is 1. The van der Waals surface area contributed by atoms with E-state index in [4.69, 9.17) is 9.57 Å². The molecule has 0 aliphatic carbocycles. The van der Waals surface area contributed by atoms with E-state index in [9.17, 15) is 9.90 Å². The number of rotatable bonds is 4. The second kappa shape index (κ2) is 6.92. The largest absolute Gasteiger partial charge is 0.506 e. The van der Waals surface area contributed by atoms with Gasteiger partial charge in [0.15, 0.2) is 0 Å². The highest BCUT2D eigenvalue weighted by molar-refractivity contribution is 9.10. The van der Waals surface area contributed by atoms with Crippen LogP contribution in [0.15, 0.2) is 52.1 Å². The van der Waals surface area contributed by atoms with Crippen molar-refractivity contribution in [1.82, 2.24) is 0 Å². The first kappa shape index (κ1) is 16.3. The molecule has 24 heavy (non-hydrogen) atoms. The van der Waals surface area contributed by atoms with Gasteiger partial charge in [0.25, 0.3) is 5.91 Å². The van der Waals surface area contributed by atoms with Crippen molar-refractivity contribution < 1.29 is 19.5 Å². The summed E-state index contributed by atoms with van der Waals surface area (Å²) in [6, 6.07) is 12.2. The molecule has 2 aromatic carbocycles. The van der Waals surface area contributed by atoms with E-state index in [-0.39, 0.29) is 11.7 Å². The topological polar surface area (TPSA) is 80.2 Å². The zero-order valence-electron chi connectivity index (χ0n) is 12.8. The molecule has 2 N–H and O–H groups in total. The smallest absolute Gasteiger partial charge is 0.268 e. The maximum atomic E-state index is 12.3. The van der Waals surface area contributed by atoms with E-state index in [0.29, 0.717) is 17.8 Å². The van der Waals surface area contributed by atoms with Crippen LogP contribution in [-0.2, 0) is 9.63 Å². The number of ether oxygens (including phenoxy) is 1. The van der Waals surface area contributed by atoms with Gasteiger partial charge in [0.05, 0.1) is 18.5 Å². The zero-order valence-corrected chi connectivity index (χ0v) is 14.4. The van der Waals surface area contributed by atoms with Crippen molar-refractivity contribution in [1.29, 1.82) is 0 Å². The summed E-state index contributed by atoms with van der Waals surface area (Å²) in [6.45, 7) is 0. The Bertz CT molecular complexity index is 790. The summed E-state index contributed by atoms with van der Waals surface area (Å²) in [7, 11) is 1.60. The molecule has 3 rings (SSSR count). The van der Waals surface area contributed by atoms with Crippen LogP contribution in [0.1, 0.15) is 12.0 Å². The number of benzene rings is 2. The lowest BCUT2D eigenvalue weighted by atomic mass is 10.0. The Morgan fingerprint density at radius 1 is 1.33 bits per heavy atom. The Hall–Kier alpha value is -2.54. The van der Waals surface area contributed by atoms with Gasteiger partial charge >= 0.3 is 0 Å². The van der Waals surface area contributed by atoms with Gasteiger partial charge in [-0.2, -0.15) is 0 Å². The van der Waals surface area contributed by atoms with Gasteiger partial charge in [0.1, 0.15) is 11.5 Å². The van der Waals surface area contributed by atoms with Crippen LogP contribution in [0, 0.1) is 0 Å². The van der Waals surface area contributed by atoms with E-state index in [2.05, 4.69) is 26.4 Å². The number of nitrogens with one attached hydrogen (secondary N) is 1. The summed E-state index contributed by atoms with van der Waals surface area (Å²) in [4.78, 5) is 17.5. The van der Waals surface area contributed by atoms with E-state index in [1.54, 1.807) is 19.2 Å². The summed E-state index contributed by atoms with van der Waals surface area (Å²) < 4.78 is 5.86. The molecule has 1 aliphatic rings. The molecule has 1 unspecified atom stereocenters. The normalized spacial score (nSPS) is 16.2. The van der Waals surface area contributed by atoms with Gasteiger partial charge in [-0.3, -0.25) is 4.79 Å². The van der Waals surface area contributed by atoms with E-state index in [1.807, 2.05) is 24.3 Å². The van der Waals surface area contributed by atoms with Gasteiger partial charge < -0.3 is 20.0 Å². The van der Waals surface area contributed by atoms with Crippen molar-refractivity contribution in [3.8, 4) is 11.5 Å².